The van der Waals surface area contributed by atoms with Crippen LogP contribution in [0.3, 0.4) is 0 Å². The molecule has 2 heterocycles. The van der Waals surface area contributed by atoms with Crippen LogP contribution in [0, 0.1) is 0 Å². The van der Waals surface area contributed by atoms with Gasteiger partial charge in [-0.05, 0) is 36.4 Å². The Kier molecular flexibility index (Phi) is 6.31. The zero-order chi connectivity index (χ0) is 22.3. The van der Waals surface area contributed by atoms with Gasteiger partial charge in [-0.2, -0.15) is 0 Å². The van der Waals surface area contributed by atoms with E-state index in [1.165, 1.54) is 19.4 Å². The zero-order valence-electron chi connectivity index (χ0n) is 17.4. The number of para-hydroxylation sites is 3. The number of nitrogens with one attached hydrogen (secondary N) is 3. The smallest absolute Gasteiger partial charge is 0.267 e. The van der Waals surface area contributed by atoms with E-state index in [0.29, 0.717) is 30.0 Å². The summed E-state index contributed by atoms with van der Waals surface area (Å²) in [6, 6.07) is 17.9. The molecule has 4 aromatic rings. The van der Waals surface area contributed by atoms with Gasteiger partial charge in [0.1, 0.15) is 23.0 Å². The molecule has 0 aliphatic carbocycles. The number of benzene rings is 2. The van der Waals surface area contributed by atoms with E-state index in [1.807, 2.05) is 24.3 Å². The van der Waals surface area contributed by atoms with E-state index < -0.39 is 11.8 Å². The minimum absolute atomic E-state index is 0.0560. The second-order valence-corrected chi connectivity index (χ2v) is 6.93. The van der Waals surface area contributed by atoms with Crippen molar-refractivity contribution in [1.29, 1.82) is 0 Å². The standard InChI is InChI=1S/C24H22N4O4/c1-31-21-11-5-2-8-17(21)23(29)28-20(15-16-7-6-14-32-16)24(30)25-13-12-22-26-18-9-3-4-10-19(18)27-22/h2-11,14-15H,12-13H2,1H3,(H,25,30)(H,26,27)(H,28,29)/b20-15-. The number of carbonyl (C=O) groups excluding carboxylic acids is 2. The van der Waals surface area contributed by atoms with Crippen molar-refractivity contribution in [3.05, 3.63) is 89.8 Å². The molecule has 2 amide bonds. The van der Waals surface area contributed by atoms with Gasteiger partial charge in [0.15, 0.2) is 0 Å². The number of H-pyrrole nitrogens is 1. The zero-order valence-corrected chi connectivity index (χ0v) is 17.4. The molecule has 0 fully saturated rings. The fourth-order valence-electron chi connectivity index (χ4n) is 3.21. The fraction of sp³-hybridized carbons (Fsp3) is 0.125. The van der Waals surface area contributed by atoms with Crippen molar-refractivity contribution in [2.24, 2.45) is 0 Å². The lowest BCUT2D eigenvalue weighted by Gasteiger charge is -2.12. The summed E-state index contributed by atoms with van der Waals surface area (Å²) in [6.07, 6.45) is 3.48. The number of ether oxygens (including phenoxy) is 1. The number of rotatable bonds is 8. The third-order valence-electron chi connectivity index (χ3n) is 4.76. The summed E-state index contributed by atoms with van der Waals surface area (Å²) >= 11 is 0. The second kappa shape index (κ2) is 9.65. The molecule has 0 radical (unpaired) electrons. The molecular formula is C24H22N4O4. The van der Waals surface area contributed by atoms with E-state index in [2.05, 4.69) is 20.6 Å². The predicted octanol–water partition coefficient (Wildman–Crippen LogP) is 3.29. The number of fused-ring (bicyclic) bond motifs is 1. The number of furan rings is 1. The van der Waals surface area contributed by atoms with Crippen LogP contribution in [-0.4, -0.2) is 35.4 Å². The summed E-state index contributed by atoms with van der Waals surface area (Å²) in [5, 5.41) is 5.48. The summed E-state index contributed by atoms with van der Waals surface area (Å²) in [6.45, 7) is 0.332. The lowest BCUT2D eigenvalue weighted by Crippen LogP contribution is -2.36. The van der Waals surface area contributed by atoms with Crippen LogP contribution < -0.4 is 15.4 Å². The molecular weight excluding hydrogens is 408 g/mol. The maximum Gasteiger partial charge on any atom is 0.267 e. The van der Waals surface area contributed by atoms with Crippen molar-refractivity contribution in [3.8, 4) is 5.75 Å². The van der Waals surface area contributed by atoms with E-state index in [0.717, 1.165) is 16.9 Å². The Labute approximate surface area is 184 Å². The number of methoxy groups -OCH3 is 1. The van der Waals surface area contributed by atoms with Gasteiger partial charge in [-0.25, -0.2) is 4.98 Å². The van der Waals surface area contributed by atoms with Crippen LogP contribution in [0.1, 0.15) is 21.9 Å². The molecule has 162 valence electrons. The van der Waals surface area contributed by atoms with Gasteiger partial charge in [0.05, 0.1) is 30.0 Å². The first kappa shape index (κ1) is 20.9. The van der Waals surface area contributed by atoms with Crippen molar-refractivity contribution in [2.75, 3.05) is 13.7 Å². The Bertz CT molecular complexity index is 1230. The van der Waals surface area contributed by atoms with Crippen LogP contribution >= 0.6 is 0 Å². The Hall–Kier alpha value is -4.33. The van der Waals surface area contributed by atoms with Crippen LogP contribution in [-0.2, 0) is 11.2 Å². The molecule has 0 bridgehead atoms. The number of hydrogen-bond donors (Lipinski definition) is 3. The molecule has 0 aliphatic rings. The Balaban J connectivity index is 1.46. The first-order chi connectivity index (χ1) is 15.6. The summed E-state index contributed by atoms with van der Waals surface area (Å²) in [5.41, 5.74) is 2.18. The molecule has 2 aromatic carbocycles. The van der Waals surface area contributed by atoms with Crippen molar-refractivity contribution in [3.63, 3.8) is 0 Å². The number of carbonyl (C=O) groups is 2. The summed E-state index contributed by atoms with van der Waals surface area (Å²) < 4.78 is 10.5. The highest BCUT2D eigenvalue weighted by molar-refractivity contribution is 6.06. The molecule has 2 aromatic heterocycles. The average Bonchev–Trinajstić information content (AvgIpc) is 3.47. The molecule has 8 nitrogen and oxygen atoms in total. The van der Waals surface area contributed by atoms with Gasteiger partial charge >= 0.3 is 0 Å². The number of hydrogen-bond acceptors (Lipinski definition) is 5. The molecule has 8 heteroatoms. The maximum absolute atomic E-state index is 12.9. The minimum Gasteiger partial charge on any atom is -0.496 e. The van der Waals surface area contributed by atoms with Crippen molar-refractivity contribution in [1.82, 2.24) is 20.6 Å². The third kappa shape index (κ3) is 4.86. The topological polar surface area (TPSA) is 109 Å². The van der Waals surface area contributed by atoms with Crippen LogP contribution in [0.5, 0.6) is 5.75 Å². The second-order valence-electron chi connectivity index (χ2n) is 6.93. The molecule has 0 aliphatic heterocycles. The van der Waals surface area contributed by atoms with E-state index in [-0.39, 0.29) is 5.70 Å². The normalized spacial score (nSPS) is 11.3. The van der Waals surface area contributed by atoms with Gasteiger partial charge in [0, 0.05) is 19.0 Å². The van der Waals surface area contributed by atoms with Crippen molar-refractivity contribution in [2.45, 2.75) is 6.42 Å². The Morgan fingerprint density at radius 1 is 1.09 bits per heavy atom. The predicted molar refractivity (Wildman–Crippen MR) is 120 cm³/mol. The van der Waals surface area contributed by atoms with E-state index in [4.69, 9.17) is 9.15 Å². The molecule has 0 saturated carbocycles. The van der Waals surface area contributed by atoms with Crippen molar-refractivity contribution < 1.29 is 18.7 Å². The van der Waals surface area contributed by atoms with E-state index in [1.54, 1.807) is 36.4 Å². The average molecular weight is 430 g/mol. The van der Waals surface area contributed by atoms with Gasteiger partial charge in [-0.3, -0.25) is 9.59 Å². The van der Waals surface area contributed by atoms with E-state index in [9.17, 15) is 9.59 Å². The highest BCUT2D eigenvalue weighted by Gasteiger charge is 2.18. The third-order valence-corrected chi connectivity index (χ3v) is 4.76. The van der Waals surface area contributed by atoms with Gasteiger partial charge in [0.2, 0.25) is 0 Å². The molecule has 4 rings (SSSR count). The number of aromatic nitrogens is 2. The number of imidazole rings is 1. The number of nitrogens with zero attached hydrogens (tertiary/aromatic N) is 1. The van der Waals surface area contributed by atoms with Gasteiger partial charge in [-0.1, -0.05) is 24.3 Å². The maximum atomic E-state index is 12.9. The summed E-state index contributed by atoms with van der Waals surface area (Å²) in [7, 11) is 1.48. The molecule has 32 heavy (non-hydrogen) atoms. The van der Waals surface area contributed by atoms with Crippen LogP contribution in [0.25, 0.3) is 17.1 Å². The first-order valence-electron chi connectivity index (χ1n) is 10.1. The van der Waals surface area contributed by atoms with Crippen LogP contribution in [0.4, 0.5) is 0 Å². The molecule has 0 spiro atoms. The monoisotopic (exact) mass is 430 g/mol. The Morgan fingerprint density at radius 3 is 2.69 bits per heavy atom. The van der Waals surface area contributed by atoms with Crippen LogP contribution in [0.2, 0.25) is 0 Å². The lowest BCUT2D eigenvalue weighted by atomic mass is 10.2. The largest absolute Gasteiger partial charge is 0.496 e. The molecule has 0 unspecified atom stereocenters. The van der Waals surface area contributed by atoms with Crippen LogP contribution in [0.15, 0.2) is 77.0 Å². The summed E-state index contributed by atoms with van der Waals surface area (Å²) in [5.74, 6) is 0.704. The molecule has 0 atom stereocenters. The highest BCUT2D eigenvalue weighted by atomic mass is 16.5. The lowest BCUT2D eigenvalue weighted by molar-refractivity contribution is -0.117. The highest BCUT2D eigenvalue weighted by Crippen LogP contribution is 2.18. The fourth-order valence-corrected chi connectivity index (χ4v) is 3.21. The summed E-state index contributed by atoms with van der Waals surface area (Å²) in [4.78, 5) is 33.4. The SMILES string of the molecule is COc1ccccc1C(=O)N/C(=C\c1ccco1)C(=O)NCCc1nc2ccccc2[nH]1. The number of amides is 2. The van der Waals surface area contributed by atoms with Gasteiger partial charge < -0.3 is 24.8 Å². The minimum atomic E-state index is -0.465. The van der Waals surface area contributed by atoms with Gasteiger partial charge in [0.25, 0.3) is 11.8 Å². The van der Waals surface area contributed by atoms with E-state index >= 15 is 0 Å². The molecule has 3 N–H and O–H groups in total. The first-order valence-corrected chi connectivity index (χ1v) is 10.1. The Morgan fingerprint density at radius 2 is 1.91 bits per heavy atom. The van der Waals surface area contributed by atoms with Crippen molar-refractivity contribution >= 4 is 28.9 Å². The number of aromatic amines is 1. The van der Waals surface area contributed by atoms with Gasteiger partial charge in [-0.15, -0.1) is 0 Å². The quantitative estimate of drug-likeness (QED) is 0.372. The molecule has 0 saturated heterocycles.